The summed E-state index contributed by atoms with van der Waals surface area (Å²) < 4.78 is 13.8. The number of benzene rings is 2. The van der Waals surface area contributed by atoms with Crippen LogP contribution in [0.2, 0.25) is 5.02 Å². The molecule has 0 spiro atoms. The third-order valence-corrected chi connectivity index (χ3v) is 6.01. The van der Waals surface area contributed by atoms with Crippen LogP contribution in [0.3, 0.4) is 0 Å². The minimum absolute atomic E-state index is 0.149. The van der Waals surface area contributed by atoms with E-state index in [4.69, 9.17) is 11.6 Å². The molecule has 162 valence electrons. The molecule has 0 saturated carbocycles. The first-order valence-electron chi connectivity index (χ1n) is 10.1. The van der Waals surface area contributed by atoms with Crippen LogP contribution < -0.4 is 5.32 Å². The average Bonchev–Trinajstić information content (AvgIpc) is 2.74. The summed E-state index contributed by atoms with van der Waals surface area (Å²) in [5.41, 5.74) is 1.34. The number of carbonyl (C=O) groups is 2. The highest BCUT2D eigenvalue weighted by molar-refractivity contribution is 7.99. The number of carbonyl (C=O) groups excluding carboxylic acids is 2. The van der Waals surface area contributed by atoms with E-state index in [1.54, 1.807) is 29.2 Å². The first-order valence-corrected chi connectivity index (χ1v) is 11.6. The summed E-state index contributed by atoms with van der Waals surface area (Å²) in [7, 11) is 0. The van der Waals surface area contributed by atoms with Crippen molar-refractivity contribution >= 4 is 35.2 Å². The molecule has 7 heteroatoms. The Morgan fingerprint density at radius 3 is 2.40 bits per heavy atom. The quantitative estimate of drug-likeness (QED) is 0.521. The van der Waals surface area contributed by atoms with Crippen molar-refractivity contribution in [1.29, 1.82) is 0 Å². The van der Waals surface area contributed by atoms with Gasteiger partial charge in [0.05, 0.1) is 5.75 Å². The number of nitrogens with one attached hydrogen (secondary N) is 1. The summed E-state index contributed by atoms with van der Waals surface area (Å²) in [5, 5.41) is 3.44. The van der Waals surface area contributed by atoms with E-state index in [9.17, 15) is 14.0 Å². The number of thioether (sulfide) groups is 1. The van der Waals surface area contributed by atoms with Gasteiger partial charge in [-0.2, -0.15) is 0 Å². The van der Waals surface area contributed by atoms with Gasteiger partial charge in [-0.1, -0.05) is 61.8 Å². The van der Waals surface area contributed by atoms with Gasteiger partial charge < -0.3 is 10.2 Å². The molecular formula is C23H28ClFN2O2S. The number of amides is 2. The summed E-state index contributed by atoms with van der Waals surface area (Å²) in [6, 6.07) is 13.2. The van der Waals surface area contributed by atoms with Crippen LogP contribution in [0.25, 0.3) is 0 Å². The van der Waals surface area contributed by atoms with Crippen molar-refractivity contribution in [2.24, 2.45) is 0 Å². The van der Waals surface area contributed by atoms with Crippen molar-refractivity contribution in [3.05, 3.63) is 70.5 Å². The van der Waals surface area contributed by atoms with Gasteiger partial charge in [0.2, 0.25) is 11.8 Å². The van der Waals surface area contributed by atoms with Crippen LogP contribution in [0.5, 0.6) is 0 Å². The van der Waals surface area contributed by atoms with Crippen LogP contribution >= 0.6 is 23.4 Å². The lowest BCUT2D eigenvalue weighted by atomic mass is 10.1. The molecule has 0 fully saturated rings. The Morgan fingerprint density at radius 1 is 1.10 bits per heavy atom. The summed E-state index contributed by atoms with van der Waals surface area (Å²) in [5.74, 6) is -0.0857. The SMILES string of the molecule is CCCNC(=O)[C@H](CC)N(Cc1ccccc1Cl)C(=O)CSCc1ccccc1F. The highest BCUT2D eigenvalue weighted by Gasteiger charge is 2.28. The molecule has 0 aromatic heterocycles. The maximum absolute atomic E-state index is 13.8. The molecule has 0 unspecified atom stereocenters. The van der Waals surface area contributed by atoms with E-state index in [0.29, 0.717) is 29.3 Å². The third kappa shape index (κ3) is 7.03. The molecule has 1 N–H and O–H groups in total. The van der Waals surface area contributed by atoms with Crippen molar-refractivity contribution in [3.63, 3.8) is 0 Å². The lowest BCUT2D eigenvalue weighted by Crippen LogP contribution is -2.49. The smallest absolute Gasteiger partial charge is 0.242 e. The predicted molar refractivity (Wildman–Crippen MR) is 122 cm³/mol. The minimum Gasteiger partial charge on any atom is -0.354 e. The Balaban J connectivity index is 2.14. The second-order valence-electron chi connectivity index (χ2n) is 6.91. The summed E-state index contributed by atoms with van der Waals surface area (Å²) in [6.45, 7) is 4.67. The highest BCUT2D eigenvalue weighted by atomic mass is 35.5. The monoisotopic (exact) mass is 450 g/mol. The molecule has 0 heterocycles. The Kier molecular flexibility index (Phi) is 10.2. The zero-order valence-corrected chi connectivity index (χ0v) is 18.9. The molecule has 0 aliphatic heterocycles. The van der Waals surface area contributed by atoms with Gasteiger partial charge in [0.15, 0.2) is 0 Å². The van der Waals surface area contributed by atoms with Gasteiger partial charge in [0, 0.05) is 23.9 Å². The number of nitrogens with zero attached hydrogens (tertiary/aromatic N) is 1. The molecule has 30 heavy (non-hydrogen) atoms. The van der Waals surface area contributed by atoms with Crippen molar-refractivity contribution in [1.82, 2.24) is 10.2 Å². The minimum atomic E-state index is -0.589. The van der Waals surface area contributed by atoms with Crippen LogP contribution in [0.1, 0.15) is 37.8 Å². The molecule has 0 aliphatic carbocycles. The van der Waals surface area contributed by atoms with E-state index in [0.717, 1.165) is 12.0 Å². The largest absolute Gasteiger partial charge is 0.354 e. The van der Waals surface area contributed by atoms with Gasteiger partial charge in [-0.15, -0.1) is 11.8 Å². The first-order chi connectivity index (χ1) is 14.5. The molecule has 4 nitrogen and oxygen atoms in total. The van der Waals surface area contributed by atoms with Gasteiger partial charge in [0.25, 0.3) is 0 Å². The molecule has 0 aliphatic rings. The summed E-state index contributed by atoms with van der Waals surface area (Å²) in [4.78, 5) is 27.4. The van der Waals surface area contributed by atoms with E-state index in [1.165, 1.54) is 17.8 Å². The molecular weight excluding hydrogens is 423 g/mol. The second kappa shape index (κ2) is 12.6. The van der Waals surface area contributed by atoms with E-state index < -0.39 is 6.04 Å². The number of hydrogen-bond acceptors (Lipinski definition) is 3. The number of hydrogen-bond donors (Lipinski definition) is 1. The topological polar surface area (TPSA) is 49.4 Å². The van der Waals surface area contributed by atoms with Crippen LogP contribution in [0.15, 0.2) is 48.5 Å². The van der Waals surface area contributed by atoms with Gasteiger partial charge >= 0.3 is 0 Å². The molecule has 2 aromatic rings. The fraction of sp³-hybridized carbons (Fsp3) is 0.391. The molecule has 1 atom stereocenters. The normalized spacial score (nSPS) is 11.7. The molecule has 2 aromatic carbocycles. The maximum atomic E-state index is 13.8. The Hall–Kier alpha value is -2.05. The van der Waals surface area contributed by atoms with Gasteiger partial charge in [-0.05, 0) is 36.1 Å². The molecule has 0 saturated heterocycles. The Bertz CT molecular complexity index is 849. The van der Waals surface area contributed by atoms with Crippen molar-refractivity contribution in [3.8, 4) is 0 Å². The van der Waals surface area contributed by atoms with Gasteiger partial charge in [-0.3, -0.25) is 9.59 Å². The van der Waals surface area contributed by atoms with Gasteiger partial charge in [-0.25, -0.2) is 4.39 Å². The van der Waals surface area contributed by atoms with Crippen LogP contribution in [0, 0.1) is 5.82 Å². The second-order valence-corrected chi connectivity index (χ2v) is 8.31. The molecule has 0 bridgehead atoms. The predicted octanol–water partition coefficient (Wildman–Crippen LogP) is 5.05. The Labute approximate surface area is 187 Å². The molecule has 2 amide bonds. The lowest BCUT2D eigenvalue weighted by Gasteiger charge is -2.31. The average molecular weight is 451 g/mol. The first kappa shape index (κ1) is 24.2. The van der Waals surface area contributed by atoms with E-state index in [2.05, 4.69) is 5.32 Å². The maximum Gasteiger partial charge on any atom is 0.242 e. The number of rotatable bonds is 11. The fourth-order valence-electron chi connectivity index (χ4n) is 3.04. The zero-order valence-electron chi connectivity index (χ0n) is 17.4. The molecule has 0 radical (unpaired) electrons. The van der Waals surface area contributed by atoms with Crippen molar-refractivity contribution in [2.45, 2.75) is 45.0 Å². The van der Waals surface area contributed by atoms with E-state index in [-0.39, 0.29) is 29.9 Å². The number of halogens is 2. The summed E-state index contributed by atoms with van der Waals surface area (Å²) in [6.07, 6.45) is 1.31. The summed E-state index contributed by atoms with van der Waals surface area (Å²) >= 11 is 7.63. The standard InChI is InChI=1S/C23H28ClFN2O2S/c1-3-13-26-23(29)21(4-2)27(14-17-9-5-7-11-19(17)24)22(28)16-30-15-18-10-6-8-12-20(18)25/h5-12,21H,3-4,13-16H2,1-2H3,(H,26,29)/t21-/m0/s1. The molecule has 2 rings (SSSR count). The lowest BCUT2D eigenvalue weighted by molar-refractivity contribution is -0.139. The van der Waals surface area contributed by atoms with Crippen LogP contribution in [0.4, 0.5) is 4.39 Å². The van der Waals surface area contributed by atoms with Crippen molar-refractivity contribution in [2.75, 3.05) is 12.3 Å². The zero-order chi connectivity index (χ0) is 21.9. The van der Waals surface area contributed by atoms with Crippen molar-refractivity contribution < 1.29 is 14.0 Å². The van der Waals surface area contributed by atoms with E-state index in [1.807, 2.05) is 32.0 Å². The van der Waals surface area contributed by atoms with Gasteiger partial charge in [0.1, 0.15) is 11.9 Å². The Morgan fingerprint density at radius 2 is 1.77 bits per heavy atom. The fourth-order valence-corrected chi connectivity index (χ4v) is 4.13. The van der Waals surface area contributed by atoms with Crippen LogP contribution in [-0.2, 0) is 21.9 Å². The van der Waals surface area contributed by atoms with E-state index >= 15 is 0 Å². The third-order valence-electron chi connectivity index (χ3n) is 4.67. The highest BCUT2D eigenvalue weighted by Crippen LogP contribution is 2.22. The van der Waals surface area contributed by atoms with Crippen LogP contribution in [-0.4, -0.2) is 35.1 Å².